The van der Waals surface area contributed by atoms with Crippen LogP contribution in [0.15, 0.2) is 35.7 Å². The highest BCUT2D eigenvalue weighted by Crippen LogP contribution is 2.38. The first-order valence-electron chi connectivity index (χ1n) is 8.76. The Morgan fingerprint density at radius 3 is 2.42 bits per heavy atom. The van der Waals surface area contributed by atoms with E-state index >= 15 is 0 Å². The number of rotatable bonds is 7. The Kier molecular flexibility index (Phi) is 6.66. The molecule has 0 unspecified atom stereocenters. The fourth-order valence-corrected chi connectivity index (χ4v) is 4.09. The molecule has 26 heavy (non-hydrogen) atoms. The van der Waals surface area contributed by atoms with Gasteiger partial charge in [0, 0.05) is 12.1 Å². The fraction of sp³-hybridized carbons (Fsp3) is 0.450. The molecule has 0 bridgehead atoms. The van der Waals surface area contributed by atoms with Gasteiger partial charge in [-0.05, 0) is 29.1 Å². The van der Waals surface area contributed by atoms with Crippen LogP contribution in [-0.4, -0.2) is 21.4 Å². The normalized spacial score (nSPS) is 12.1. The highest BCUT2D eigenvalue weighted by atomic mass is 32.1. The molecule has 0 fully saturated rings. The fourth-order valence-electron chi connectivity index (χ4n) is 2.21. The van der Waals surface area contributed by atoms with Crippen molar-refractivity contribution in [3.05, 3.63) is 52.4 Å². The highest BCUT2D eigenvalue weighted by molar-refractivity contribution is 7.14. The Balaban J connectivity index is 2.17. The molecule has 0 amide bonds. The Morgan fingerprint density at radius 2 is 1.85 bits per heavy atom. The van der Waals surface area contributed by atoms with Crippen molar-refractivity contribution in [1.29, 1.82) is 0 Å². The van der Waals surface area contributed by atoms with Crippen LogP contribution in [0.1, 0.15) is 42.3 Å². The molecule has 0 saturated heterocycles. The molecule has 2 aromatic rings. The Morgan fingerprint density at radius 1 is 1.19 bits per heavy atom. The number of ether oxygens (including phenoxy) is 1. The minimum absolute atomic E-state index is 0.128. The summed E-state index contributed by atoms with van der Waals surface area (Å²) in [6, 6.07) is 10.1. The predicted octanol–water partition coefficient (Wildman–Crippen LogP) is 5.67. The predicted molar refractivity (Wildman–Crippen MR) is 111 cm³/mol. The average molecular weight is 392 g/mol. The lowest BCUT2D eigenvalue weighted by Crippen LogP contribution is -2.40. The van der Waals surface area contributed by atoms with Crippen molar-refractivity contribution in [3.63, 3.8) is 0 Å². The summed E-state index contributed by atoms with van der Waals surface area (Å²) in [4.78, 5) is 12.3. The van der Waals surface area contributed by atoms with E-state index in [2.05, 4.69) is 51.3 Å². The molecule has 0 radical (unpaired) electrons. The lowest BCUT2D eigenvalue weighted by Gasteiger charge is -2.36. The molecule has 0 atom stereocenters. The number of methoxy groups -OCH3 is 1. The maximum absolute atomic E-state index is 12.3. The van der Waals surface area contributed by atoms with E-state index in [1.807, 2.05) is 23.6 Å². The van der Waals surface area contributed by atoms with Gasteiger partial charge in [-0.25, -0.2) is 4.79 Å². The van der Waals surface area contributed by atoms with Gasteiger partial charge in [0.1, 0.15) is 5.00 Å². The summed E-state index contributed by atoms with van der Waals surface area (Å²) >= 11 is 1.52. The number of thiophene rings is 1. The first-order chi connectivity index (χ1) is 12.2. The molecule has 0 spiro atoms. The molecule has 1 heterocycles. The second-order valence-electron chi connectivity index (χ2n) is 7.84. The molecule has 142 valence electrons. The van der Waals surface area contributed by atoms with Crippen LogP contribution in [0.5, 0.6) is 0 Å². The maximum Gasteiger partial charge on any atom is 0.341 e. The van der Waals surface area contributed by atoms with Crippen LogP contribution in [-0.2, 0) is 22.3 Å². The van der Waals surface area contributed by atoms with Crippen molar-refractivity contribution in [2.45, 2.75) is 52.1 Å². The number of hydrogen-bond acceptors (Lipinski definition) is 5. The SMILES string of the molecule is COC(=O)c1c(CO[Si](C)(C)C(C)(C)C)csc1NCc1ccccc1. The van der Waals surface area contributed by atoms with Crippen LogP contribution >= 0.6 is 11.3 Å². The molecule has 1 aromatic heterocycles. The lowest BCUT2D eigenvalue weighted by molar-refractivity contribution is 0.0599. The van der Waals surface area contributed by atoms with E-state index in [1.165, 1.54) is 18.4 Å². The first-order valence-corrected chi connectivity index (χ1v) is 12.5. The summed E-state index contributed by atoms with van der Waals surface area (Å²) in [5.41, 5.74) is 2.64. The van der Waals surface area contributed by atoms with Gasteiger partial charge in [0.15, 0.2) is 8.32 Å². The summed E-state index contributed by atoms with van der Waals surface area (Å²) in [5, 5.41) is 6.31. The molecule has 0 saturated carbocycles. The molecule has 0 aliphatic heterocycles. The number of nitrogens with one attached hydrogen (secondary N) is 1. The van der Waals surface area contributed by atoms with Crippen LogP contribution in [0.3, 0.4) is 0 Å². The number of carbonyl (C=O) groups excluding carboxylic acids is 1. The van der Waals surface area contributed by atoms with Crippen molar-refractivity contribution >= 4 is 30.6 Å². The molecule has 2 rings (SSSR count). The van der Waals surface area contributed by atoms with Crippen molar-refractivity contribution in [2.24, 2.45) is 0 Å². The van der Waals surface area contributed by atoms with E-state index in [9.17, 15) is 4.79 Å². The van der Waals surface area contributed by atoms with E-state index in [4.69, 9.17) is 9.16 Å². The molecule has 1 N–H and O–H groups in total. The monoisotopic (exact) mass is 391 g/mol. The van der Waals surface area contributed by atoms with Crippen LogP contribution in [0.2, 0.25) is 18.1 Å². The lowest BCUT2D eigenvalue weighted by atomic mass is 10.2. The van der Waals surface area contributed by atoms with Gasteiger partial charge < -0.3 is 14.5 Å². The Bertz CT molecular complexity index is 735. The molecule has 0 aliphatic carbocycles. The Hall–Kier alpha value is -1.63. The van der Waals surface area contributed by atoms with Gasteiger partial charge >= 0.3 is 5.97 Å². The molecular formula is C20H29NO3SSi. The van der Waals surface area contributed by atoms with Gasteiger partial charge in [-0.3, -0.25) is 0 Å². The average Bonchev–Trinajstić information content (AvgIpc) is 3.00. The van der Waals surface area contributed by atoms with E-state index in [0.717, 1.165) is 16.1 Å². The van der Waals surface area contributed by atoms with Crippen molar-refractivity contribution in [1.82, 2.24) is 0 Å². The third-order valence-corrected chi connectivity index (χ3v) is 10.4. The van der Waals surface area contributed by atoms with Gasteiger partial charge in [0.2, 0.25) is 0 Å². The zero-order chi connectivity index (χ0) is 19.4. The van der Waals surface area contributed by atoms with Crippen molar-refractivity contribution in [3.8, 4) is 0 Å². The molecule has 4 nitrogen and oxygen atoms in total. The number of carbonyl (C=O) groups is 1. The summed E-state index contributed by atoms with van der Waals surface area (Å²) in [5.74, 6) is -0.323. The van der Waals surface area contributed by atoms with Crippen molar-refractivity contribution in [2.75, 3.05) is 12.4 Å². The number of esters is 1. The van der Waals surface area contributed by atoms with Crippen LogP contribution < -0.4 is 5.32 Å². The summed E-state index contributed by atoms with van der Waals surface area (Å²) in [6.07, 6.45) is 0. The molecular weight excluding hydrogens is 362 g/mol. The van der Waals surface area contributed by atoms with Crippen LogP contribution in [0, 0.1) is 0 Å². The maximum atomic E-state index is 12.3. The first kappa shape index (κ1) is 20.7. The minimum atomic E-state index is -1.89. The Labute approximate surface area is 161 Å². The van der Waals surface area contributed by atoms with E-state index in [-0.39, 0.29) is 11.0 Å². The highest BCUT2D eigenvalue weighted by Gasteiger charge is 2.37. The number of anilines is 1. The van der Waals surface area contributed by atoms with E-state index < -0.39 is 8.32 Å². The summed E-state index contributed by atoms with van der Waals surface area (Å²) in [7, 11) is -0.469. The summed E-state index contributed by atoms with van der Waals surface area (Å²) in [6.45, 7) is 12.2. The number of hydrogen-bond donors (Lipinski definition) is 1. The smallest absolute Gasteiger partial charge is 0.341 e. The zero-order valence-electron chi connectivity index (χ0n) is 16.5. The van der Waals surface area contributed by atoms with Crippen LogP contribution in [0.4, 0.5) is 5.00 Å². The molecule has 1 aromatic carbocycles. The second kappa shape index (κ2) is 8.37. The van der Waals surface area contributed by atoms with Crippen molar-refractivity contribution < 1.29 is 14.0 Å². The van der Waals surface area contributed by atoms with Gasteiger partial charge in [-0.15, -0.1) is 11.3 Å². The third kappa shape index (κ3) is 4.96. The quantitative estimate of drug-likeness (QED) is 0.488. The van der Waals surface area contributed by atoms with Gasteiger partial charge in [0.05, 0.1) is 19.3 Å². The van der Waals surface area contributed by atoms with Crippen LogP contribution in [0.25, 0.3) is 0 Å². The summed E-state index contributed by atoms with van der Waals surface area (Å²) < 4.78 is 11.3. The number of benzene rings is 1. The van der Waals surface area contributed by atoms with Gasteiger partial charge in [-0.1, -0.05) is 51.1 Å². The molecule has 0 aliphatic rings. The zero-order valence-corrected chi connectivity index (χ0v) is 18.3. The van der Waals surface area contributed by atoms with E-state index in [1.54, 1.807) is 0 Å². The standard InChI is InChI=1S/C20H29NO3SSi/c1-20(2,3)26(5,6)24-13-16-14-25-18(17(16)19(22)23-4)21-12-15-10-8-7-9-11-15/h7-11,14,21H,12-13H2,1-6H3. The topological polar surface area (TPSA) is 47.6 Å². The van der Waals surface area contributed by atoms with Gasteiger partial charge in [-0.2, -0.15) is 0 Å². The molecule has 6 heteroatoms. The largest absolute Gasteiger partial charge is 0.465 e. The van der Waals surface area contributed by atoms with Gasteiger partial charge in [0.25, 0.3) is 0 Å². The minimum Gasteiger partial charge on any atom is -0.465 e. The second-order valence-corrected chi connectivity index (χ2v) is 13.5. The third-order valence-electron chi connectivity index (χ3n) is 4.95. The van der Waals surface area contributed by atoms with E-state index in [0.29, 0.717) is 18.7 Å².